The average molecular weight is 396 g/mol. The lowest BCUT2D eigenvalue weighted by molar-refractivity contribution is -0.118. The number of nitrogens with one attached hydrogen (secondary N) is 1. The number of aliphatic imine (C=N–C) groups is 1. The standard InChI is InChI=1S/C16H12BrClN2OS/c17-11-7-5-10(6-8-11)9-14-15(21)20-16(22-14)19-13-4-2-1-3-12(13)18/h1-8,14H,9H2,(H,19,20,21). The number of benzene rings is 2. The molecule has 2 aromatic rings. The molecular weight excluding hydrogens is 384 g/mol. The topological polar surface area (TPSA) is 41.5 Å². The minimum atomic E-state index is -0.164. The molecule has 112 valence electrons. The fourth-order valence-electron chi connectivity index (χ4n) is 2.08. The van der Waals surface area contributed by atoms with E-state index in [0.717, 1.165) is 10.0 Å². The lowest BCUT2D eigenvalue weighted by Gasteiger charge is -2.05. The zero-order chi connectivity index (χ0) is 15.5. The van der Waals surface area contributed by atoms with Crippen LogP contribution in [0.2, 0.25) is 5.02 Å². The largest absolute Gasteiger partial charge is 0.304 e. The molecule has 1 N–H and O–H groups in total. The molecule has 1 heterocycles. The Morgan fingerprint density at radius 1 is 1.18 bits per heavy atom. The zero-order valence-corrected chi connectivity index (χ0v) is 14.6. The summed E-state index contributed by atoms with van der Waals surface area (Å²) >= 11 is 10.9. The van der Waals surface area contributed by atoms with Crippen LogP contribution in [-0.4, -0.2) is 16.3 Å². The predicted molar refractivity (Wildman–Crippen MR) is 95.9 cm³/mol. The molecule has 6 heteroatoms. The minimum absolute atomic E-state index is 0.0151. The Morgan fingerprint density at radius 3 is 2.64 bits per heavy atom. The highest BCUT2D eigenvalue weighted by Gasteiger charge is 2.30. The number of amidine groups is 1. The summed E-state index contributed by atoms with van der Waals surface area (Å²) in [6, 6.07) is 15.3. The summed E-state index contributed by atoms with van der Waals surface area (Å²) in [7, 11) is 0. The minimum Gasteiger partial charge on any atom is -0.304 e. The predicted octanol–water partition coefficient (Wildman–Crippen LogP) is 4.56. The highest BCUT2D eigenvalue weighted by Crippen LogP contribution is 2.29. The van der Waals surface area contributed by atoms with Gasteiger partial charge >= 0.3 is 0 Å². The summed E-state index contributed by atoms with van der Waals surface area (Å²) in [5, 5.41) is 3.82. The monoisotopic (exact) mass is 394 g/mol. The van der Waals surface area contributed by atoms with E-state index >= 15 is 0 Å². The van der Waals surface area contributed by atoms with Gasteiger partial charge in [-0.25, -0.2) is 4.99 Å². The molecule has 1 aliphatic heterocycles. The molecule has 0 aliphatic carbocycles. The van der Waals surface area contributed by atoms with Crippen molar-refractivity contribution in [2.24, 2.45) is 4.99 Å². The third kappa shape index (κ3) is 3.72. The summed E-state index contributed by atoms with van der Waals surface area (Å²) in [5.74, 6) is -0.0151. The Bertz CT molecular complexity index is 733. The van der Waals surface area contributed by atoms with Crippen LogP contribution >= 0.6 is 39.3 Å². The highest BCUT2D eigenvalue weighted by molar-refractivity contribution is 9.10. The van der Waals surface area contributed by atoms with Crippen molar-refractivity contribution in [1.82, 2.24) is 5.32 Å². The maximum atomic E-state index is 12.1. The molecular formula is C16H12BrClN2OS. The summed E-state index contributed by atoms with van der Waals surface area (Å²) in [4.78, 5) is 16.5. The molecule has 0 radical (unpaired) electrons. The van der Waals surface area contributed by atoms with Crippen molar-refractivity contribution < 1.29 is 4.79 Å². The van der Waals surface area contributed by atoms with Crippen LogP contribution in [0.5, 0.6) is 0 Å². The van der Waals surface area contributed by atoms with E-state index in [1.165, 1.54) is 11.8 Å². The van der Waals surface area contributed by atoms with Gasteiger partial charge in [0.15, 0.2) is 5.17 Å². The molecule has 1 atom stereocenters. The number of carbonyl (C=O) groups excluding carboxylic acids is 1. The first-order chi connectivity index (χ1) is 10.6. The molecule has 1 unspecified atom stereocenters. The van der Waals surface area contributed by atoms with Crippen LogP contribution in [0.3, 0.4) is 0 Å². The second-order valence-corrected chi connectivity index (χ2v) is 7.31. The lowest BCUT2D eigenvalue weighted by atomic mass is 10.1. The van der Waals surface area contributed by atoms with Crippen molar-refractivity contribution in [3.8, 4) is 0 Å². The quantitative estimate of drug-likeness (QED) is 0.827. The van der Waals surface area contributed by atoms with Crippen molar-refractivity contribution in [2.45, 2.75) is 11.7 Å². The lowest BCUT2D eigenvalue weighted by Crippen LogP contribution is -2.25. The van der Waals surface area contributed by atoms with E-state index in [4.69, 9.17) is 11.6 Å². The van der Waals surface area contributed by atoms with E-state index < -0.39 is 0 Å². The van der Waals surface area contributed by atoms with Gasteiger partial charge in [-0.3, -0.25) is 4.79 Å². The summed E-state index contributed by atoms with van der Waals surface area (Å²) in [5.41, 5.74) is 1.78. The smallest absolute Gasteiger partial charge is 0.239 e. The number of hydrogen-bond acceptors (Lipinski definition) is 3. The van der Waals surface area contributed by atoms with Gasteiger partial charge in [0.1, 0.15) is 0 Å². The van der Waals surface area contributed by atoms with Gasteiger partial charge in [-0.05, 0) is 36.2 Å². The van der Waals surface area contributed by atoms with E-state index in [1.807, 2.05) is 42.5 Å². The number of para-hydroxylation sites is 1. The first-order valence-corrected chi connectivity index (χ1v) is 8.72. The SMILES string of the molecule is O=C1NC(=Nc2ccccc2Cl)SC1Cc1ccc(Br)cc1. The van der Waals surface area contributed by atoms with Crippen LogP contribution < -0.4 is 5.32 Å². The molecule has 3 nitrogen and oxygen atoms in total. The number of amides is 1. The number of nitrogens with zero attached hydrogens (tertiary/aromatic N) is 1. The Morgan fingerprint density at radius 2 is 1.91 bits per heavy atom. The molecule has 0 aromatic heterocycles. The van der Waals surface area contributed by atoms with Crippen molar-refractivity contribution in [2.75, 3.05) is 0 Å². The molecule has 1 fully saturated rings. The Hall–Kier alpha value is -1.30. The molecule has 0 bridgehead atoms. The van der Waals surface area contributed by atoms with Gasteiger partial charge < -0.3 is 5.32 Å². The van der Waals surface area contributed by atoms with E-state index in [2.05, 4.69) is 26.2 Å². The van der Waals surface area contributed by atoms with Crippen LogP contribution in [0.25, 0.3) is 0 Å². The number of hydrogen-bond donors (Lipinski definition) is 1. The van der Waals surface area contributed by atoms with Crippen molar-refractivity contribution in [3.05, 3.63) is 63.6 Å². The van der Waals surface area contributed by atoms with E-state index in [0.29, 0.717) is 22.3 Å². The van der Waals surface area contributed by atoms with Gasteiger partial charge in [-0.2, -0.15) is 0 Å². The van der Waals surface area contributed by atoms with Crippen LogP contribution in [-0.2, 0) is 11.2 Å². The number of rotatable bonds is 3. The van der Waals surface area contributed by atoms with Gasteiger partial charge in [0, 0.05) is 4.47 Å². The van der Waals surface area contributed by atoms with E-state index in [9.17, 15) is 4.79 Å². The maximum Gasteiger partial charge on any atom is 0.239 e. The third-order valence-electron chi connectivity index (χ3n) is 3.19. The zero-order valence-electron chi connectivity index (χ0n) is 11.4. The van der Waals surface area contributed by atoms with Crippen molar-refractivity contribution >= 4 is 56.1 Å². The molecule has 1 aliphatic rings. The second kappa shape index (κ2) is 6.86. The normalized spacial score (nSPS) is 19.5. The van der Waals surface area contributed by atoms with Crippen LogP contribution in [0.1, 0.15) is 5.56 Å². The van der Waals surface area contributed by atoms with E-state index in [-0.39, 0.29) is 11.2 Å². The molecule has 0 saturated carbocycles. The summed E-state index contributed by atoms with van der Waals surface area (Å²) in [6.45, 7) is 0. The first-order valence-electron chi connectivity index (χ1n) is 6.67. The van der Waals surface area contributed by atoms with Crippen LogP contribution in [0.15, 0.2) is 58.0 Å². The van der Waals surface area contributed by atoms with Gasteiger partial charge in [0.05, 0.1) is 16.0 Å². The molecule has 22 heavy (non-hydrogen) atoms. The van der Waals surface area contributed by atoms with Crippen LogP contribution in [0, 0.1) is 0 Å². The fourth-order valence-corrected chi connectivity index (χ4v) is 3.54. The summed E-state index contributed by atoms with van der Waals surface area (Å²) in [6.07, 6.45) is 0.672. The number of halogens is 2. The maximum absolute atomic E-state index is 12.1. The van der Waals surface area contributed by atoms with Crippen molar-refractivity contribution in [1.29, 1.82) is 0 Å². The van der Waals surface area contributed by atoms with Gasteiger partial charge in [-0.1, -0.05) is 63.6 Å². The summed E-state index contributed by atoms with van der Waals surface area (Å²) < 4.78 is 1.03. The second-order valence-electron chi connectivity index (χ2n) is 4.79. The average Bonchev–Trinajstić information content (AvgIpc) is 2.84. The fraction of sp³-hybridized carbons (Fsp3) is 0.125. The molecule has 1 amide bonds. The number of carbonyl (C=O) groups is 1. The van der Waals surface area contributed by atoms with E-state index in [1.54, 1.807) is 6.07 Å². The third-order valence-corrected chi connectivity index (χ3v) is 5.12. The Kier molecular flexibility index (Phi) is 4.86. The molecule has 1 saturated heterocycles. The molecule has 3 rings (SSSR count). The van der Waals surface area contributed by atoms with Crippen molar-refractivity contribution in [3.63, 3.8) is 0 Å². The van der Waals surface area contributed by atoms with Gasteiger partial charge in [0.25, 0.3) is 0 Å². The number of thioether (sulfide) groups is 1. The molecule has 2 aromatic carbocycles. The highest BCUT2D eigenvalue weighted by atomic mass is 79.9. The van der Waals surface area contributed by atoms with Crippen LogP contribution in [0.4, 0.5) is 5.69 Å². The Labute approximate surface area is 146 Å². The van der Waals surface area contributed by atoms with Gasteiger partial charge in [0.2, 0.25) is 5.91 Å². The first kappa shape index (κ1) is 15.6. The Balaban J connectivity index is 1.73. The molecule has 0 spiro atoms. The van der Waals surface area contributed by atoms with Gasteiger partial charge in [-0.15, -0.1) is 0 Å².